The second kappa shape index (κ2) is 10.6. The molecule has 0 amide bonds. The van der Waals surface area contributed by atoms with Gasteiger partial charge in [-0.2, -0.15) is 17.5 Å². The molecule has 0 aliphatic rings. The first-order valence-electron chi connectivity index (χ1n) is 3.07. The van der Waals surface area contributed by atoms with Crippen LogP contribution in [-0.4, -0.2) is 0 Å². The van der Waals surface area contributed by atoms with Crippen LogP contribution in [-0.2, 0) is 25.8 Å². The molecule has 0 spiro atoms. The molecule has 2 aromatic carbocycles. The van der Waals surface area contributed by atoms with Gasteiger partial charge in [-0.3, -0.25) is 14.1 Å². The van der Waals surface area contributed by atoms with Crippen molar-refractivity contribution in [3.8, 4) is 0 Å². The second-order valence-corrected chi connectivity index (χ2v) is 2.15. The van der Waals surface area contributed by atoms with Crippen molar-refractivity contribution in [3.63, 3.8) is 0 Å². The van der Waals surface area contributed by atoms with Gasteiger partial charge in [0.25, 0.3) is 0 Å². The Morgan fingerprint density at radius 2 is 1.43 bits per heavy atom. The average molecular weight is 369 g/mol. The molecule has 0 aliphatic heterocycles. The molecule has 0 unspecified atom stereocenters. The van der Waals surface area contributed by atoms with Crippen molar-refractivity contribution < 1.29 is 40.0 Å². The van der Waals surface area contributed by atoms with Crippen LogP contribution in [0.2, 0.25) is 0 Å². The third-order valence-electron chi connectivity index (χ3n) is 1.55. The molecule has 0 fully saturated rings. The summed E-state index contributed by atoms with van der Waals surface area (Å²) in [6.45, 7) is 0. The van der Waals surface area contributed by atoms with E-state index < -0.39 is 0 Å². The number of fused-ring (bicyclic) bond motifs is 1. The molecule has 0 aliphatic carbocycles. The molecule has 0 radical (unpaired) electrons. The molecule has 80 valence electrons. The number of halogens is 3. The number of rotatable bonds is 0. The van der Waals surface area contributed by atoms with E-state index >= 15 is 0 Å². The predicted molar refractivity (Wildman–Crippen MR) is 53.5 cm³/mol. The van der Waals surface area contributed by atoms with Gasteiger partial charge < -0.3 is 7.43 Å². The fourth-order valence-electron chi connectivity index (χ4n) is 1.07. The van der Waals surface area contributed by atoms with Crippen molar-refractivity contribution in [2.24, 2.45) is 0 Å². The summed E-state index contributed by atoms with van der Waals surface area (Å²) < 4.78 is 0. The van der Waals surface area contributed by atoms with Crippen LogP contribution < -0.4 is 0 Å². The summed E-state index contributed by atoms with van der Waals surface area (Å²) in [5.74, 6) is 0. The van der Waals surface area contributed by atoms with Crippen molar-refractivity contribution in [1.82, 2.24) is 0 Å². The normalized spacial score (nSPS) is 6.57. The van der Waals surface area contributed by atoms with Gasteiger partial charge in [-0.15, -0.1) is 29.7 Å². The van der Waals surface area contributed by atoms with Crippen LogP contribution in [0.15, 0.2) is 42.5 Å². The van der Waals surface area contributed by atoms with E-state index in [1.165, 1.54) is 10.8 Å². The first kappa shape index (κ1) is 23.4. The van der Waals surface area contributed by atoms with E-state index in [2.05, 4.69) is 42.5 Å². The Morgan fingerprint density at radius 3 is 2.00 bits per heavy atom. The van der Waals surface area contributed by atoms with E-state index in [0.717, 1.165) is 0 Å². The Bertz CT molecular complexity index is 289. The molecule has 0 aromatic heterocycles. The summed E-state index contributed by atoms with van der Waals surface area (Å²) in [7, 11) is 0. The first-order chi connectivity index (χ1) is 4.47. The van der Waals surface area contributed by atoms with Gasteiger partial charge in [-0.05, 0) is 0 Å². The van der Waals surface area contributed by atoms with E-state index in [4.69, 9.17) is 0 Å². The Morgan fingerprint density at radius 1 is 0.857 bits per heavy atom. The maximum Gasteiger partial charge on any atom is 0 e. The summed E-state index contributed by atoms with van der Waals surface area (Å²) in [6, 6.07) is 14.7. The van der Waals surface area contributed by atoms with E-state index in [1.54, 1.807) is 0 Å². The summed E-state index contributed by atoms with van der Waals surface area (Å²) in [4.78, 5) is 0. The maximum atomic E-state index is 2.12. The summed E-state index contributed by atoms with van der Waals surface area (Å²) in [6.07, 6.45) is 0. The van der Waals surface area contributed by atoms with Gasteiger partial charge in [0.05, 0.1) is 0 Å². The van der Waals surface area contributed by atoms with Crippen LogP contribution in [0, 0.1) is 7.43 Å². The fourth-order valence-corrected chi connectivity index (χ4v) is 1.07. The zero-order valence-electron chi connectivity index (χ0n) is 7.77. The van der Waals surface area contributed by atoms with Crippen molar-refractivity contribution in [2.45, 2.75) is 0 Å². The minimum Gasteiger partial charge on any atom is -0.358 e. The van der Waals surface area contributed by atoms with E-state index in [0.29, 0.717) is 0 Å². The van der Waals surface area contributed by atoms with E-state index in [1.807, 2.05) is 0 Å². The fraction of sp³-hybridized carbons (Fsp3) is 0. The zero-order chi connectivity index (χ0) is 6.10. The monoisotopic (exact) mass is 370 g/mol. The number of benzene rings is 1. The molecular formula is C10H13F3Hf-2. The van der Waals surface area contributed by atoms with Crippen LogP contribution in [0.4, 0.5) is 14.1 Å². The third kappa shape index (κ3) is 4.65. The average Bonchev–Trinajstić information content (AvgIpc) is 2.33. The van der Waals surface area contributed by atoms with Gasteiger partial charge in [0.2, 0.25) is 0 Å². The van der Waals surface area contributed by atoms with Crippen LogP contribution in [0.25, 0.3) is 10.8 Å². The van der Waals surface area contributed by atoms with Crippen molar-refractivity contribution in [1.29, 1.82) is 0 Å². The number of hydrogen-bond acceptors (Lipinski definition) is 0. The van der Waals surface area contributed by atoms with Gasteiger partial charge in [-0.1, -0.05) is 6.07 Å². The molecule has 0 nitrogen and oxygen atoms in total. The van der Waals surface area contributed by atoms with Crippen molar-refractivity contribution in [2.75, 3.05) is 0 Å². The van der Waals surface area contributed by atoms with Crippen LogP contribution in [0.1, 0.15) is 0 Å². The quantitative estimate of drug-likeness (QED) is 0.493. The molecule has 0 bridgehead atoms. The molecule has 2 rings (SSSR count). The standard InChI is InChI=1S/C9H7.CH3.3FH.Hf/c1-2-5-9-7-3-6-8(9)4-1;;;;;/h1-7H;1H3;3*1H;/q2*-1;;;;. The van der Waals surface area contributed by atoms with Gasteiger partial charge >= 0.3 is 0 Å². The molecule has 2 aromatic rings. The molecule has 0 N–H and O–H groups in total. The third-order valence-corrected chi connectivity index (χ3v) is 1.55. The van der Waals surface area contributed by atoms with Crippen LogP contribution >= 0.6 is 0 Å². The minimum absolute atomic E-state index is 0. The summed E-state index contributed by atoms with van der Waals surface area (Å²) >= 11 is 0. The molecule has 0 saturated heterocycles. The maximum absolute atomic E-state index is 2.12. The zero-order valence-corrected chi connectivity index (χ0v) is 11.4. The van der Waals surface area contributed by atoms with Gasteiger partial charge in [0.15, 0.2) is 0 Å². The molecule has 0 saturated carbocycles. The smallest absolute Gasteiger partial charge is 0 e. The predicted octanol–water partition coefficient (Wildman–Crippen LogP) is 3.46. The van der Waals surface area contributed by atoms with Gasteiger partial charge in [0, 0.05) is 25.8 Å². The molecule has 14 heavy (non-hydrogen) atoms. The Kier molecular flexibility index (Phi) is 17.6. The SMILES string of the molecule is F.F.F.[CH3-].[Hf].c1ccc2[cH-]ccc2c1. The topological polar surface area (TPSA) is 0 Å². The van der Waals surface area contributed by atoms with Crippen LogP contribution in [0.5, 0.6) is 0 Å². The Labute approximate surface area is 101 Å². The van der Waals surface area contributed by atoms with E-state index in [9.17, 15) is 0 Å². The molecule has 0 heterocycles. The molecule has 0 atom stereocenters. The Hall–Kier alpha value is -0.510. The van der Waals surface area contributed by atoms with Gasteiger partial charge in [0.1, 0.15) is 0 Å². The van der Waals surface area contributed by atoms with Crippen molar-refractivity contribution in [3.05, 3.63) is 49.9 Å². The second-order valence-electron chi connectivity index (χ2n) is 2.15. The van der Waals surface area contributed by atoms with Gasteiger partial charge in [-0.25, -0.2) is 0 Å². The summed E-state index contributed by atoms with van der Waals surface area (Å²) in [5.41, 5.74) is 0. The molecule has 4 heteroatoms. The minimum atomic E-state index is 0. The van der Waals surface area contributed by atoms with E-state index in [-0.39, 0.29) is 47.4 Å². The molecular weight excluding hydrogens is 356 g/mol. The summed E-state index contributed by atoms with van der Waals surface area (Å²) in [5, 5.41) is 2.66. The van der Waals surface area contributed by atoms with Crippen molar-refractivity contribution >= 4 is 10.8 Å². The largest absolute Gasteiger partial charge is 0.358 e. The first-order valence-corrected chi connectivity index (χ1v) is 3.07. The number of hydrogen-bond donors (Lipinski definition) is 0. The Balaban J connectivity index is -0.0000001000. The van der Waals surface area contributed by atoms with Crippen LogP contribution in [0.3, 0.4) is 0 Å².